The fraction of sp³-hybridized carbons (Fsp3) is 0. The fourth-order valence-corrected chi connectivity index (χ4v) is 1.56. The standard InChI is InChI=1S/C11H8Cl2N4O/c12-8-3-1-2-7(4-8)5-14-16-9-6-15-17-11(18)10(9)13/h1-6H,(H2,16,17,18)/b14-5+. The van der Waals surface area contributed by atoms with E-state index in [1.54, 1.807) is 18.3 Å². The van der Waals surface area contributed by atoms with Crippen molar-refractivity contribution in [3.63, 3.8) is 0 Å². The minimum Gasteiger partial charge on any atom is -0.275 e. The van der Waals surface area contributed by atoms with E-state index in [4.69, 9.17) is 23.2 Å². The molecule has 0 bridgehead atoms. The summed E-state index contributed by atoms with van der Waals surface area (Å²) in [4.78, 5) is 11.2. The lowest BCUT2D eigenvalue weighted by Gasteiger charge is -2.00. The zero-order valence-corrected chi connectivity index (χ0v) is 10.5. The van der Waals surface area contributed by atoms with Crippen molar-refractivity contribution in [2.45, 2.75) is 0 Å². The van der Waals surface area contributed by atoms with Gasteiger partial charge in [0.1, 0.15) is 10.7 Å². The van der Waals surface area contributed by atoms with Crippen molar-refractivity contribution in [2.75, 3.05) is 5.43 Å². The average molecular weight is 283 g/mol. The van der Waals surface area contributed by atoms with Crippen molar-refractivity contribution in [1.82, 2.24) is 10.2 Å². The molecule has 0 spiro atoms. The van der Waals surface area contributed by atoms with Gasteiger partial charge in [-0.15, -0.1) is 0 Å². The van der Waals surface area contributed by atoms with E-state index in [1.807, 2.05) is 12.1 Å². The van der Waals surface area contributed by atoms with Gasteiger partial charge in [-0.1, -0.05) is 35.3 Å². The quantitative estimate of drug-likeness (QED) is 0.671. The highest BCUT2D eigenvalue weighted by Crippen LogP contribution is 2.14. The monoisotopic (exact) mass is 282 g/mol. The fourth-order valence-electron chi connectivity index (χ4n) is 1.22. The first-order chi connectivity index (χ1) is 8.66. The number of halogens is 2. The molecule has 0 fully saturated rings. The highest BCUT2D eigenvalue weighted by atomic mass is 35.5. The maximum atomic E-state index is 11.2. The molecule has 5 nitrogen and oxygen atoms in total. The van der Waals surface area contributed by atoms with Crippen LogP contribution >= 0.6 is 23.2 Å². The molecule has 0 aliphatic carbocycles. The molecular formula is C11H8Cl2N4O. The van der Waals surface area contributed by atoms with E-state index in [9.17, 15) is 4.79 Å². The number of benzene rings is 1. The largest absolute Gasteiger partial charge is 0.285 e. The molecule has 1 aromatic carbocycles. The van der Waals surface area contributed by atoms with Gasteiger partial charge in [0.15, 0.2) is 0 Å². The topological polar surface area (TPSA) is 70.1 Å². The van der Waals surface area contributed by atoms with E-state index in [0.29, 0.717) is 10.7 Å². The van der Waals surface area contributed by atoms with Crippen LogP contribution in [0.25, 0.3) is 0 Å². The van der Waals surface area contributed by atoms with Crippen LogP contribution in [-0.4, -0.2) is 16.4 Å². The van der Waals surface area contributed by atoms with Gasteiger partial charge in [0.05, 0.1) is 12.4 Å². The number of aromatic amines is 1. The number of nitrogens with one attached hydrogen (secondary N) is 2. The first-order valence-electron chi connectivity index (χ1n) is 4.94. The summed E-state index contributed by atoms with van der Waals surface area (Å²) < 4.78 is 0. The molecule has 1 heterocycles. The van der Waals surface area contributed by atoms with Crippen LogP contribution in [0, 0.1) is 0 Å². The number of nitrogens with zero attached hydrogens (tertiary/aromatic N) is 2. The number of H-pyrrole nitrogens is 1. The number of rotatable bonds is 3. The van der Waals surface area contributed by atoms with Crippen molar-refractivity contribution >= 4 is 35.1 Å². The summed E-state index contributed by atoms with van der Waals surface area (Å²) in [5.41, 5.74) is 3.32. The van der Waals surface area contributed by atoms with Gasteiger partial charge in [-0.25, -0.2) is 5.10 Å². The Morgan fingerprint density at radius 1 is 1.39 bits per heavy atom. The molecule has 0 unspecified atom stereocenters. The molecule has 1 aromatic heterocycles. The molecule has 0 aliphatic rings. The molecule has 0 aliphatic heterocycles. The minimum atomic E-state index is -0.473. The average Bonchev–Trinajstić information content (AvgIpc) is 2.35. The third kappa shape index (κ3) is 3.09. The highest BCUT2D eigenvalue weighted by Gasteiger charge is 2.02. The predicted octanol–water partition coefficient (Wildman–Crippen LogP) is 2.52. The van der Waals surface area contributed by atoms with Gasteiger partial charge >= 0.3 is 0 Å². The Hall–Kier alpha value is -1.85. The van der Waals surface area contributed by atoms with Crippen LogP contribution in [0.4, 0.5) is 5.69 Å². The van der Waals surface area contributed by atoms with E-state index in [1.165, 1.54) is 6.20 Å². The van der Waals surface area contributed by atoms with Crippen molar-refractivity contribution in [3.05, 3.63) is 56.4 Å². The molecule has 2 N–H and O–H groups in total. The molecule has 0 atom stereocenters. The van der Waals surface area contributed by atoms with E-state index in [-0.39, 0.29) is 5.02 Å². The van der Waals surface area contributed by atoms with Crippen molar-refractivity contribution in [1.29, 1.82) is 0 Å². The number of aromatic nitrogens is 2. The second-order valence-corrected chi connectivity index (χ2v) is 4.17. The van der Waals surface area contributed by atoms with E-state index in [2.05, 4.69) is 20.7 Å². The third-order valence-corrected chi connectivity index (χ3v) is 2.65. The molecule has 92 valence electrons. The smallest absolute Gasteiger partial charge is 0.275 e. The summed E-state index contributed by atoms with van der Waals surface area (Å²) in [5.74, 6) is 0. The van der Waals surface area contributed by atoms with Crippen molar-refractivity contribution in [2.24, 2.45) is 5.10 Å². The molecular weight excluding hydrogens is 275 g/mol. The molecule has 18 heavy (non-hydrogen) atoms. The Morgan fingerprint density at radius 3 is 3.00 bits per heavy atom. The van der Waals surface area contributed by atoms with Crippen LogP contribution in [0.2, 0.25) is 10.0 Å². The molecule has 2 rings (SSSR count). The second-order valence-electron chi connectivity index (χ2n) is 3.35. The van der Waals surface area contributed by atoms with E-state index < -0.39 is 5.56 Å². The van der Waals surface area contributed by atoms with Gasteiger partial charge in [0.2, 0.25) is 0 Å². The maximum Gasteiger partial charge on any atom is 0.285 e. The van der Waals surface area contributed by atoms with Gasteiger partial charge in [-0.05, 0) is 17.7 Å². The van der Waals surface area contributed by atoms with Gasteiger partial charge < -0.3 is 0 Å². The summed E-state index contributed by atoms with van der Waals surface area (Å²) in [6.07, 6.45) is 2.93. The molecule has 7 heteroatoms. The Balaban J connectivity index is 2.12. The number of hydrazone groups is 1. The van der Waals surface area contributed by atoms with Gasteiger partial charge in [0, 0.05) is 5.02 Å². The van der Waals surface area contributed by atoms with Crippen LogP contribution in [0.1, 0.15) is 5.56 Å². The van der Waals surface area contributed by atoms with Crippen LogP contribution in [0.15, 0.2) is 40.4 Å². The lowest BCUT2D eigenvalue weighted by molar-refractivity contribution is 0.987. The highest BCUT2D eigenvalue weighted by molar-refractivity contribution is 6.33. The summed E-state index contributed by atoms with van der Waals surface area (Å²) in [6.45, 7) is 0. The van der Waals surface area contributed by atoms with Crippen molar-refractivity contribution in [3.8, 4) is 0 Å². The zero-order valence-electron chi connectivity index (χ0n) is 9.02. The molecule has 0 saturated heterocycles. The van der Waals surface area contributed by atoms with Crippen LogP contribution in [-0.2, 0) is 0 Å². The lowest BCUT2D eigenvalue weighted by atomic mass is 10.2. The molecule has 0 amide bonds. The normalized spacial score (nSPS) is 10.8. The minimum absolute atomic E-state index is 0.00763. The maximum absolute atomic E-state index is 11.2. The van der Waals surface area contributed by atoms with E-state index in [0.717, 1.165) is 5.56 Å². The summed E-state index contributed by atoms with van der Waals surface area (Å²) in [7, 11) is 0. The van der Waals surface area contributed by atoms with E-state index >= 15 is 0 Å². The van der Waals surface area contributed by atoms with Crippen molar-refractivity contribution < 1.29 is 0 Å². The van der Waals surface area contributed by atoms with Gasteiger partial charge in [-0.3, -0.25) is 10.2 Å². The first kappa shape index (κ1) is 12.6. The Kier molecular flexibility index (Phi) is 3.96. The SMILES string of the molecule is O=c1[nH]ncc(N/N=C/c2cccc(Cl)c2)c1Cl. The second kappa shape index (κ2) is 5.66. The zero-order chi connectivity index (χ0) is 13.0. The first-order valence-corrected chi connectivity index (χ1v) is 5.70. The molecule has 0 saturated carbocycles. The summed E-state index contributed by atoms with van der Waals surface area (Å²) in [6, 6.07) is 7.18. The van der Waals surface area contributed by atoms with Crippen LogP contribution in [0.5, 0.6) is 0 Å². The molecule has 2 aromatic rings. The lowest BCUT2D eigenvalue weighted by Crippen LogP contribution is -2.10. The van der Waals surface area contributed by atoms with Gasteiger partial charge in [0.25, 0.3) is 5.56 Å². The summed E-state index contributed by atoms with van der Waals surface area (Å²) in [5, 5.41) is 10.4. The summed E-state index contributed by atoms with van der Waals surface area (Å²) >= 11 is 11.6. The Bertz CT molecular complexity index is 639. The Morgan fingerprint density at radius 2 is 2.22 bits per heavy atom. The number of hydrogen-bond donors (Lipinski definition) is 2. The number of hydrogen-bond acceptors (Lipinski definition) is 4. The van der Waals surface area contributed by atoms with Crippen LogP contribution in [0.3, 0.4) is 0 Å². The number of anilines is 1. The van der Waals surface area contributed by atoms with Crippen LogP contribution < -0.4 is 11.0 Å². The predicted molar refractivity (Wildman–Crippen MR) is 72.5 cm³/mol. The third-order valence-electron chi connectivity index (χ3n) is 2.04. The molecule has 0 radical (unpaired) electrons. The Labute approximate surface area is 112 Å². The van der Waals surface area contributed by atoms with Gasteiger partial charge in [-0.2, -0.15) is 10.2 Å².